The Morgan fingerprint density at radius 1 is 0.529 bits per heavy atom. The zero-order valence-electron chi connectivity index (χ0n) is 8.62. The molecule has 0 fully saturated rings. The van der Waals surface area contributed by atoms with E-state index >= 15 is 0 Å². The highest BCUT2D eigenvalue weighted by Gasteiger charge is 2.16. The Hall–Kier alpha value is -2.56. The summed E-state index contributed by atoms with van der Waals surface area (Å²) >= 11 is 0. The van der Waals surface area contributed by atoms with Crippen molar-refractivity contribution in [1.29, 1.82) is 0 Å². The van der Waals surface area contributed by atoms with E-state index in [1.54, 1.807) is 0 Å². The summed E-state index contributed by atoms with van der Waals surface area (Å²) in [4.78, 5) is 0. The van der Waals surface area contributed by atoms with Crippen LogP contribution in [-0.4, -0.2) is 25.5 Å². The van der Waals surface area contributed by atoms with E-state index in [9.17, 15) is 25.5 Å². The van der Waals surface area contributed by atoms with E-state index in [0.29, 0.717) is 0 Å². The van der Waals surface area contributed by atoms with Crippen LogP contribution in [0.2, 0.25) is 0 Å². The van der Waals surface area contributed by atoms with E-state index in [1.165, 1.54) is 30.3 Å². The van der Waals surface area contributed by atoms with Crippen molar-refractivity contribution >= 4 is 0 Å². The van der Waals surface area contributed by atoms with Crippen LogP contribution < -0.4 is 0 Å². The highest BCUT2D eigenvalue weighted by atomic mass is 16.3. The predicted octanol–water partition coefficient (Wildman–Crippen LogP) is 1.88. The first-order valence-corrected chi connectivity index (χ1v) is 4.77. The molecule has 0 aliphatic carbocycles. The van der Waals surface area contributed by atoms with Gasteiger partial charge in [-0.1, -0.05) is 12.1 Å². The maximum Gasteiger partial charge on any atom is 0.200 e. The second-order valence-corrected chi connectivity index (χ2v) is 3.50. The molecular weight excluding hydrogens is 224 g/mol. The summed E-state index contributed by atoms with van der Waals surface area (Å²) in [6, 6.07) is 6.72. The van der Waals surface area contributed by atoms with Crippen molar-refractivity contribution in [2.45, 2.75) is 0 Å². The van der Waals surface area contributed by atoms with Crippen molar-refractivity contribution in [3.05, 3.63) is 30.3 Å². The fraction of sp³-hybridized carbons (Fsp3) is 0. The molecule has 0 saturated heterocycles. The second kappa shape index (κ2) is 3.79. The standard InChI is InChI=1S/C12H10O5/c13-8-3-1-2-6(10(8)15)7-4-5-9(14)12(17)11(7)16/h1-5,13-17H. The average molecular weight is 234 g/mol. The van der Waals surface area contributed by atoms with Gasteiger partial charge in [0.1, 0.15) is 0 Å². The van der Waals surface area contributed by atoms with Gasteiger partial charge in [-0.05, 0) is 18.2 Å². The third-order valence-corrected chi connectivity index (χ3v) is 2.43. The lowest BCUT2D eigenvalue weighted by molar-refractivity contribution is 0.368. The lowest BCUT2D eigenvalue weighted by Gasteiger charge is -2.10. The van der Waals surface area contributed by atoms with Crippen molar-refractivity contribution < 1.29 is 25.5 Å². The number of hydrogen-bond acceptors (Lipinski definition) is 5. The summed E-state index contributed by atoms with van der Waals surface area (Å²) in [6.07, 6.45) is 0. The number of rotatable bonds is 1. The average Bonchev–Trinajstić information content (AvgIpc) is 2.31. The van der Waals surface area contributed by atoms with Crippen LogP contribution >= 0.6 is 0 Å². The fourth-order valence-electron chi connectivity index (χ4n) is 1.54. The molecule has 0 bridgehead atoms. The van der Waals surface area contributed by atoms with Crippen molar-refractivity contribution in [3.8, 4) is 39.9 Å². The van der Waals surface area contributed by atoms with Gasteiger partial charge in [0, 0.05) is 11.1 Å². The van der Waals surface area contributed by atoms with Crippen LogP contribution in [-0.2, 0) is 0 Å². The first kappa shape index (κ1) is 10.9. The van der Waals surface area contributed by atoms with Gasteiger partial charge in [-0.2, -0.15) is 0 Å². The molecule has 0 aliphatic heterocycles. The van der Waals surface area contributed by atoms with Gasteiger partial charge in [-0.25, -0.2) is 0 Å². The molecule has 0 atom stereocenters. The minimum Gasteiger partial charge on any atom is -0.504 e. The SMILES string of the molecule is Oc1cccc(-c2ccc(O)c(O)c2O)c1O. The molecule has 0 radical (unpaired) electrons. The highest BCUT2D eigenvalue weighted by Crippen LogP contribution is 2.46. The van der Waals surface area contributed by atoms with Crippen molar-refractivity contribution in [3.63, 3.8) is 0 Å². The molecule has 0 saturated carbocycles. The Balaban J connectivity index is 2.69. The highest BCUT2D eigenvalue weighted by molar-refractivity contribution is 5.80. The molecule has 0 amide bonds. The van der Waals surface area contributed by atoms with E-state index < -0.39 is 23.0 Å². The van der Waals surface area contributed by atoms with Crippen LogP contribution in [0.4, 0.5) is 0 Å². The summed E-state index contributed by atoms with van der Waals surface area (Å²) in [5, 5.41) is 47.1. The van der Waals surface area contributed by atoms with E-state index in [2.05, 4.69) is 0 Å². The zero-order valence-corrected chi connectivity index (χ0v) is 8.62. The largest absolute Gasteiger partial charge is 0.504 e. The molecule has 88 valence electrons. The smallest absolute Gasteiger partial charge is 0.200 e. The second-order valence-electron chi connectivity index (χ2n) is 3.50. The molecule has 5 heteroatoms. The van der Waals surface area contributed by atoms with Crippen LogP contribution in [0.3, 0.4) is 0 Å². The topological polar surface area (TPSA) is 101 Å². The molecule has 5 nitrogen and oxygen atoms in total. The quantitative estimate of drug-likeness (QED) is 0.485. The third-order valence-electron chi connectivity index (χ3n) is 2.43. The first-order chi connectivity index (χ1) is 8.02. The van der Waals surface area contributed by atoms with Crippen LogP contribution in [0.5, 0.6) is 28.7 Å². The molecular formula is C12H10O5. The monoisotopic (exact) mass is 234 g/mol. The van der Waals surface area contributed by atoms with Crippen LogP contribution in [0.1, 0.15) is 0 Å². The summed E-state index contributed by atoms with van der Waals surface area (Å²) in [6.45, 7) is 0. The Morgan fingerprint density at radius 2 is 1.12 bits per heavy atom. The molecule has 0 spiro atoms. The molecule has 5 N–H and O–H groups in total. The summed E-state index contributed by atoms with van der Waals surface area (Å²) in [5.41, 5.74) is 0.256. The van der Waals surface area contributed by atoms with E-state index in [4.69, 9.17) is 0 Å². The van der Waals surface area contributed by atoms with Crippen molar-refractivity contribution in [2.24, 2.45) is 0 Å². The zero-order chi connectivity index (χ0) is 12.6. The number of benzene rings is 2. The summed E-state index contributed by atoms with van der Waals surface area (Å²) < 4.78 is 0. The molecule has 2 aromatic carbocycles. The van der Waals surface area contributed by atoms with Crippen LogP contribution in [0.25, 0.3) is 11.1 Å². The molecule has 0 aliphatic rings. The Kier molecular flexibility index (Phi) is 2.44. The number of phenolic OH excluding ortho intramolecular Hbond substituents is 5. The normalized spacial score (nSPS) is 10.4. The van der Waals surface area contributed by atoms with Gasteiger partial charge in [-0.3, -0.25) is 0 Å². The van der Waals surface area contributed by atoms with Crippen LogP contribution in [0, 0.1) is 0 Å². The minimum atomic E-state index is -0.676. The van der Waals surface area contributed by atoms with Gasteiger partial charge in [0.05, 0.1) is 0 Å². The van der Waals surface area contributed by atoms with Gasteiger partial charge in [0.2, 0.25) is 5.75 Å². The molecule has 0 unspecified atom stereocenters. The predicted molar refractivity (Wildman–Crippen MR) is 60.2 cm³/mol. The molecule has 2 aromatic rings. The lowest BCUT2D eigenvalue weighted by atomic mass is 10.0. The van der Waals surface area contributed by atoms with Gasteiger partial charge in [0.25, 0.3) is 0 Å². The number of para-hydroxylation sites is 1. The number of phenols is 5. The van der Waals surface area contributed by atoms with Crippen molar-refractivity contribution in [2.75, 3.05) is 0 Å². The fourth-order valence-corrected chi connectivity index (χ4v) is 1.54. The van der Waals surface area contributed by atoms with Gasteiger partial charge < -0.3 is 25.5 Å². The molecule has 2 rings (SSSR count). The molecule has 0 aromatic heterocycles. The summed E-state index contributed by atoms with van der Waals surface area (Å²) in [5.74, 6) is -2.45. The maximum atomic E-state index is 9.64. The van der Waals surface area contributed by atoms with E-state index in [0.717, 1.165) is 0 Å². The summed E-state index contributed by atoms with van der Waals surface area (Å²) in [7, 11) is 0. The van der Waals surface area contributed by atoms with Gasteiger partial charge in [0.15, 0.2) is 23.0 Å². The maximum absolute atomic E-state index is 9.64. The van der Waals surface area contributed by atoms with E-state index in [-0.39, 0.29) is 16.9 Å². The Morgan fingerprint density at radius 3 is 1.82 bits per heavy atom. The van der Waals surface area contributed by atoms with Crippen molar-refractivity contribution in [1.82, 2.24) is 0 Å². The Bertz CT molecular complexity index is 577. The van der Waals surface area contributed by atoms with Crippen LogP contribution in [0.15, 0.2) is 30.3 Å². The van der Waals surface area contributed by atoms with E-state index in [1.807, 2.05) is 0 Å². The number of aromatic hydroxyl groups is 5. The van der Waals surface area contributed by atoms with Gasteiger partial charge >= 0.3 is 0 Å². The Labute approximate surface area is 96.5 Å². The molecule has 0 heterocycles. The molecule has 17 heavy (non-hydrogen) atoms. The third kappa shape index (κ3) is 1.67. The first-order valence-electron chi connectivity index (χ1n) is 4.77. The van der Waals surface area contributed by atoms with Gasteiger partial charge in [-0.15, -0.1) is 0 Å². The minimum absolute atomic E-state index is 0.105. The number of hydrogen-bond donors (Lipinski definition) is 5. The lowest BCUT2D eigenvalue weighted by Crippen LogP contribution is -1.82.